The van der Waals surface area contributed by atoms with Crippen molar-refractivity contribution in [3.63, 3.8) is 0 Å². The molecule has 5 heteroatoms. The minimum Gasteiger partial charge on any atom is -0.317 e. The van der Waals surface area contributed by atoms with Gasteiger partial charge in [0.15, 0.2) is 0 Å². The second-order valence-corrected chi connectivity index (χ2v) is 6.95. The molecule has 2 aromatic rings. The van der Waals surface area contributed by atoms with E-state index in [4.69, 9.17) is 4.98 Å². The van der Waals surface area contributed by atoms with Crippen LogP contribution >= 0.6 is 11.3 Å². The number of nitrogens with zero attached hydrogens (tertiary/aromatic N) is 1. The van der Waals surface area contributed by atoms with E-state index >= 15 is 0 Å². The maximum atomic E-state index is 12.5. The first-order valence-corrected chi connectivity index (χ1v) is 8.40. The van der Waals surface area contributed by atoms with Crippen LogP contribution in [0.1, 0.15) is 47.9 Å². The molecule has 1 aliphatic heterocycles. The fourth-order valence-electron chi connectivity index (χ4n) is 3.47. The number of aromatic nitrogens is 2. The Hall–Kier alpha value is -1.20. The molecule has 2 N–H and O–H groups in total. The molecular weight excluding hydrogens is 270 g/mol. The van der Waals surface area contributed by atoms with Gasteiger partial charge in [-0.3, -0.25) is 4.79 Å². The Morgan fingerprint density at radius 3 is 2.80 bits per heavy atom. The molecule has 2 aliphatic rings. The quantitative estimate of drug-likeness (QED) is 0.847. The van der Waals surface area contributed by atoms with Crippen molar-refractivity contribution >= 4 is 21.6 Å². The van der Waals surface area contributed by atoms with Gasteiger partial charge in [0.1, 0.15) is 10.7 Å². The Morgan fingerprint density at radius 1 is 1.15 bits per heavy atom. The van der Waals surface area contributed by atoms with Crippen molar-refractivity contribution in [3.8, 4) is 0 Å². The van der Waals surface area contributed by atoms with Gasteiger partial charge in [0, 0.05) is 10.8 Å². The van der Waals surface area contributed by atoms with Crippen LogP contribution in [0.2, 0.25) is 0 Å². The molecule has 0 aromatic carbocycles. The second-order valence-electron chi connectivity index (χ2n) is 5.87. The van der Waals surface area contributed by atoms with Gasteiger partial charge in [0.2, 0.25) is 0 Å². The predicted octanol–water partition coefficient (Wildman–Crippen LogP) is 2.33. The van der Waals surface area contributed by atoms with Crippen LogP contribution in [0.3, 0.4) is 0 Å². The fourth-order valence-corrected chi connectivity index (χ4v) is 4.74. The highest BCUT2D eigenvalue weighted by molar-refractivity contribution is 7.18. The van der Waals surface area contributed by atoms with Crippen molar-refractivity contribution in [1.29, 1.82) is 0 Å². The number of fused-ring (bicyclic) bond motifs is 3. The Kier molecular flexibility index (Phi) is 3.11. The molecule has 1 aliphatic carbocycles. The van der Waals surface area contributed by atoms with Crippen LogP contribution in [0.15, 0.2) is 4.79 Å². The minimum atomic E-state index is 0.0860. The summed E-state index contributed by atoms with van der Waals surface area (Å²) in [6, 6.07) is 0. The molecule has 106 valence electrons. The highest BCUT2D eigenvalue weighted by Crippen LogP contribution is 2.34. The summed E-state index contributed by atoms with van der Waals surface area (Å²) in [7, 11) is 0. The van der Waals surface area contributed by atoms with Gasteiger partial charge in [-0.25, -0.2) is 4.98 Å². The molecule has 0 unspecified atom stereocenters. The van der Waals surface area contributed by atoms with E-state index in [1.165, 1.54) is 23.3 Å². The number of hydrogen-bond donors (Lipinski definition) is 2. The second kappa shape index (κ2) is 4.97. The smallest absolute Gasteiger partial charge is 0.259 e. The third-order valence-corrected chi connectivity index (χ3v) is 5.75. The molecule has 0 amide bonds. The summed E-state index contributed by atoms with van der Waals surface area (Å²) in [6.07, 6.45) is 6.76. The Balaban J connectivity index is 1.83. The van der Waals surface area contributed by atoms with Gasteiger partial charge >= 0.3 is 0 Å². The molecule has 2 aromatic heterocycles. The number of hydrogen-bond acceptors (Lipinski definition) is 4. The van der Waals surface area contributed by atoms with E-state index in [-0.39, 0.29) is 5.56 Å². The van der Waals surface area contributed by atoms with Gasteiger partial charge in [-0.15, -0.1) is 11.3 Å². The molecule has 4 rings (SSSR count). The monoisotopic (exact) mass is 289 g/mol. The van der Waals surface area contributed by atoms with Crippen molar-refractivity contribution in [2.24, 2.45) is 0 Å². The van der Waals surface area contributed by atoms with Crippen LogP contribution in [0.25, 0.3) is 10.2 Å². The van der Waals surface area contributed by atoms with Gasteiger partial charge in [-0.05, 0) is 57.2 Å². The summed E-state index contributed by atoms with van der Waals surface area (Å²) < 4.78 is 0. The number of aryl methyl sites for hydroxylation is 2. The fraction of sp³-hybridized carbons (Fsp3) is 0.600. The average Bonchev–Trinajstić information content (AvgIpc) is 2.87. The van der Waals surface area contributed by atoms with Crippen LogP contribution in [0, 0.1) is 0 Å². The first kappa shape index (κ1) is 12.5. The van der Waals surface area contributed by atoms with Crippen molar-refractivity contribution in [2.45, 2.75) is 44.4 Å². The lowest BCUT2D eigenvalue weighted by molar-refractivity contribution is 0.445. The topological polar surface area (TPSA) is 57.8 Å². The lowest BCUT2D eigenvalue weighted by Crippen LogP contribution is -2.28. The zero-order chi connectivity index (χ0) is 13.5. The van der Waals surface area contributed by atoms with Gasteiger partial charge in [0.05, 0.1) is 5.39 Å². The Morgan fingerprint density at radius 2 is 1.95 bits per heavy atom. The summed E-state index contributed by atoms with van der Waals surface area (Å²) in [5, 5.41) is 4.24. The van der Waals surface area contributed by atoms with Gasteiger partial charge in [-0.2, -0.15) is 0 Å². The van der Waals surface area contributed by atoms with Gasteiger partial charge in [-0.1, -0.05) is 0 Å². The summed E-state index contributed by atoms with van der Waals surface area (Å²) in [6.45, 7) is 2.04. The number of rotatable bonds is 1. The Labute approximate surface area is 121 Å². The molecule has 0 radical (unpaired) electrons. The third-order valence-electron chi connectivity index (χ3n) is 4.57. The first-order chi connectivity index (χ1) is 9.83. The molecule has 0 atom stereocenters. The molecule has 3 heterocycles. The maximum Gasteiger partial charge on any atom is 0.259 e. The molecule has 20 heavy (non-hydrogen) atoms. The zero-order valence-electron chi connectivity index (χ0n) is 11.5. The van der Waals surface area contributed by atoms with Crippen LogP contribution < -0.4 is 10.9 Å². The molecule has 0 spiro atoms. The largest absolute Gasteiger partial charge is 0.317 e. The van der Waals surface area contributed by atoms with Crippen LogP contribution in [0.4, 0.5) is 0 Å². The SMILES string of the molecule is O=c1[nH]c(C2CCNCC2)nc2sc3c(c12)CCCC3. The standard InChI is InChI=1S/C15H19N3OS/c19-14-12-10-3-1-2-4-11(10)20-15(12)18-13(17-14)9-5-7-16-8-6-9/h9,16H,1-8H2,(H,17,18,19). The average molecular weight is 289 g/mol. The van der Waals surface area contributed by atoms with Crippen molar-refractivity contribution in [3.05, 3.63) is 26.6 Å². The van der Waals surface area contributed by atoms with E-state index in [0.29, 0.717) is 5.92 Å². The molecule has 1 saturated heterocycles. The molecule has 0 bridgehead atoms. The van der Waals surface area contributed by atoms with E-state index in [1.54, 1.807) is 11.3 Å². The summed E-state index contributed by atoms with van der Waals surface area (Å²) >= 11 is 1.75. The molecule has 0 saturated carbocycles. The van der Waals surface area contributed by atoms with Crippen molar-refractivity contribution in [2.75, 3.05) is 13.1 Å². The van der Waals surface area contributed by atoms with Gasteiger partial charge < -0.3 is 10.3 Å². The highest BCUT2D eigenvalue weighted by Gasteiger charge is 2.22. The zero-order valence-corrected chi connectivity index (χ0v) is 12.3. The van der Waals surface area contributed by atoms with E-state index in [0.717, 1.165) is 54.8 Å². The first-order valence-electron chi connectivity index (χ1n) is 7.58. The normalized spacial score (nSPS) is 20.2. The highest BCUT2D eigenvalue weighted by atomic mass is 32.1. The molecule has 4 nitrogen and oxygen atoms in total. The van der Waals surface area contributed by atoms with Gasteiger partial charge in [0.25, 0.3) is 5.56 Å². The van der Waals surface area contributed by atoms with E-state index < -0.39 is 0 Å². The summed E-state index contributed by atoms with van der Waals surface area (Å²) in [4.78, 5) is 22.7. The molecule has 1 fully saturated rings. The predicted molar refractivity (Wildman–Crippen MR) is 81.7 cm³/mol. The van der Waals surface area contributed by atoms with Crippen LogP contribution in [-0.2, 0) is 12.8 Å². The number of thiophene rings is 1. The summed E-state index contributed by atoms with van der Waals surface area (Å²) in [5.74, 6) is 1.31. The molecular formula is C15H19N3OS. The lowest BCUT2D eigenvalue weighted by Gasteiger charge is -2.21. The number of nitrogens with one attached hydrogen (secondary N) is 2. The van der Waals surface area contributed by atoms with E-state index in [2.05, 4.69) is 10.3 Å². The third kappa shape index (κ3) is 2.00. The minimum absolute atomic E-state index is 0.0860. The Bertz CT molecular complexity index is 697. The maximum absolute atomic E-state index is 12.5. The van der Waals surface area contributed by atoms with Crippen molar-refractivity contribution in [1.82, 2.24) is 15.3 Å². The number of piperidine rings is 1. The van der Waals surface area contributed by atoms with E-state index in [9.17, 15) is 4.79 Å². The lowest BCUT2D eigenvalue weighted by atomic mass is 9.96. The van der Waals surface area contributed by atoms with Crippen LogP contribution in [0.5, 0.6) is 0 Å². The summed E-state index contributed by atoms with van der Waals surface area (Å²) in [5.41, 5.74) is 1.37. The van der Waals surface area contributed by atoms with Crippen LogP contribution in [-0.4, -0.2) is 23.1 Å². The van der Waals surface area contributed by atoms with Crippen molar-refractivity contribution < 1.29 is 0 Å². The number of aromatic amines is 1. The number of H-pyrrole nitrogens is 1. The van der Waals surface area contributed by atoms with E-state index in [1.807, 2.05) is 0 Å².